The minimum Gasteiger partial charge on any atom is -0.361 e. The van der Waals surface area contributed by atoms with E-state index < -0.39 is 11.6 Å². The Balaban J connectivity index is 1.55. The van der Waals surface area contributed by atoms with E-state index in [1.807, 2.05) is 6.20 Å². The zero-order valence-corrected chi connectivity index (χ0v) is 14.9. The molecule has 1 aromatic heterocycles. The maximum absolute atomic E-state index is 13.7. The summed E-state index contributed by atoms with van der Waals surface area (Å²) in [5.74, 6) is -0.353. The number of aromatic amines is 1. The Morgan fingerprint density at radius 3 is 2.73 bits per heavy atom. The monoisotopic (exact) mass is 356 g/mol. The lowest BCUT2D eigenvalue weighted by molar-refractivity contribution is 0.581. The third-order valence-corrected chi connectivity index (χ3v) is 4.29. The van der Waals surface area contributed by atoms with Crippen molar-refractivity contribution >= 4 is 16.9 Å². The minimum absolute atomic E-state index is 0.162. The summed E-state index contributed by atoms with van der Waals surface area (Å²) in [6.07, 6.45) is 2.84. The largest absolute Gasteiger partial charge is 0.361 e. The molecule has 0 aliphatic heterocycles. The van der Waals surface area contributed by atoms with Crippen molar-refractivity contribution in [1.29, 1.82) is 0 Å². The van der Waals surface area contributed by atoms with Gasteiger partial charge in [0.15, 0.2) is 5.96 Å². The van der Waals surface area contributed by atoms with Gasteiger partial charge in [0.25, 0.3) is 0 Å². The Morgan fingerprint density at radius 2 is 1.92 bits per heavy atom. The van der Waals surface area contributed by atoms with Crippen molar-refractivity contribution in [3.63, 3.8) is 0 Å². The highest BCUT2D eigenvalue weighted by atomic mass is 19.1. The molecule has 4 nitrogen and oxygen atoms in total. The van der Waals surface area contributed by atoms with Crippen molar-refractivity contribution in [2.75, 3.05) is 13.6 Å². The van der Waals surface area contributed by atoms with E-state index in [0.717, 1.165) is 24.1 Å². The second-order valence-electron chi connectivity index (χ2n) is 6.20. The van der Waals surface area contributed by atoms with Crippen molar-refractivity contribution in [2.45, 2.75) is 19.9 Å². The number of hydrogen-bond acceptors (Lipinski definition) is 1. The molecule has 0 spiro atoms. The molecule has 6 heteroatoms. The van der Waals surface area contributed by atoms with E-state index in [-0.39, 0.29) is 12.1 Å². The number of fused-ring (bicyclic) bond motifs is 1. The molecular formula is C20H22F2N4. The average molecular weight is 356 g/mol. The molecular weight excluding hydrogens is 334 g/mol. The molecule has 26 heavy (non-hydrogen) atoms. The van der Waals surface area contributed by atoms with E-state index in [4.69, 9.17) is 0 Å². The smallest absolute Gasteiger partial charge is 0.191 e. The molecule has 2 aromatic carbocycles. The predicted octanol–water partition coefficient (Wildman–Crippen LogP) is 3.66. The molecule has 3 rings (SSSR count). The van der Waals surface area contributed by atoms with Gasteiger partial charge < -0.3 is 15.6 Å². The standard InChI is InChI=1S/C20H22F2N4/c1-13-3-5-17-14(11-25-19(17)9-13)7-8-24-20(23-2)26-12-15-10-16(21)4-6-18(15)22/h3-6,9-11,25H,7-8,12H2,1-2H3,(H2,23,24,26). The highest BCUT2D eigenvalue weighted by molar-refractivity contribution is 5.84. The predicted molar refractivity (Wildman–Crippen MR) is 101 cm³/mol. The van der Waals surface area contributed by atoms with E-state index in [9.17, 15) is 8.78 Å². The molecule has 1 heterocycles. The summed E-state index contributed by atoms with van der Waals surface area (Å²) in [7, 11) is 1.64. The van der Waals surface area contributed by atoms with Crippen LogP contribution in [0.5, 0.6) is 0 Å². The van der Waals surface area contributed by atoms with Crippen molar-refractivity contribution in [2.24, 2.45) is 4.99 Å². The lowest BCUT2D eigenvalue weighted by Crippen LogP contribution is -2.38. The van der Waals surface area contributed by atoms with Crippen LogP contribution in [0, 0.1) is 18.6 Å². The fraction of sp³-hybridized carbons (Fsp3) is 0.250. The molecule has 0 amide bonds. The number of aryl methyl sites for hydroxylation is 1. The number of nitrogens with zero attached hydrogens (tertiary/aromatic N) is 1. The number of H-pyrrole nitrogens is 1. The first-order valence-corrected chi connectivity index (χ1v) is 8.52. The number of hydrogen-bond donors (Lipinski definition) is 3. The summed E-state index contributed by atoms with van der Waals surface area (Å²) in [4.78, 5) is 7.41. The van der Waals surface area contributed by atoms with Gasteiger partial charge in [-0.05, 0) is 48.7 Å². The van der Waals surface area contributed by atoms with Crippen molar-refractivity contribution < 1.29 is 8.78 Å². The van der Waals surface area contributed by atoms with E-state index >= 15 is 0 Å². The lowest BCUT2D eigenvalue weighted by atomic mass is 10.1. The van der Waals surface area contributed by atoms with Crippen LogP contribution in [-0.4, -0.2) is 24.5 Å². The molecule has 0 aliphatic carbocycles. The Morgan fingerprint density at radius 1 is 1.08 bits per heavy atom. The first-order chi connectivity index (χ1) is 12.6. The number of nitrogens with one attached hydrogen (secondary N) is 3. The van der Waals surface area contributed by atoms with Gasteiger partial charge >= 0.3 is 0 Å². The maximum atomic E-state index is 13.7. The molecule has 0 saturated carbocycles. The fourth-order valence-corrected chi connectivity index (χ4v) is 2.90. The van der Waals surface area contributed by atoms with Gasteiger partial charge in [-0.2, -0.15) is 0 Å². The third-order valence-electron chi connectivity index (χ3n) is 4.29. The van der Waals surface area contributed by atoms with Gasteiger partial charge in [0.2, 0.25) is 0 Å². The van der Waals surface area contributed by atoms with Crippen molar-refractivity contribution in [1.82, 2.24) is 15.6 Å². The summed E-state index contributed by atoms with van der Waals surface area (Å²) in [5.41, 5.74) is 3.83. The number of rotatable bonds is 5. The zero-order valence-electron chi connectivity index (χ0n) is 14.9. The molecule has 0 unspecified atom stereocenters. The summed E-state index contributed by atoms with van der Waals surface area (Å²) >= 11 is 0. The van der Waals surface area contributed by atoms with Crippen molar-refractivity contribution in [3.8, 4) is 0 Å². The normalized spacial score (nSPS) is 11.8. The van der Waals surface area contributed by atoms with Gasteiger partial charge in [-0.3, -0.25) is 4.99 Å². The minimum atomic E-state index is -0.458. The number of guanidine groups is 1. The SMILES string of the molecule is CN=C(NCCc1c[nH]c2cc(C)ccc12)NCc1cc(F)ccc1F. The highest BCUT2D eigenvalue weighted by Crippen LogP contribution is 2.19. The number of benzene rings is 2. The van der Waals surface area contributed by atoms with Gasteiger partial charge in [-0.1, -0.05) is 12.1 Å². The van der Waals surface area contributed by atoms with Crippen LogP contribution in [0.25, 0.3) is 10.9 Å². The fourth-order valence-electron chi connectivity index (χ4n) is 2.90. The quantitative estimate of drug-likeness (QED) is 0.483. The van der Waals surface area contributed by atoms with Crippen LogP contribution in [0.3, 0.4) is 0 Å². The molecule has 0 radical (unpaired) electrons. The summed E-state index contributed by atoms with van der Waals surface area (Å²) in [6.45, 7) is 2.90. The van der Waals surface area contributed by atoms with E-state index in [2.05, 4.69) is 45.7 Å². The molecule has 0 saturated heterocycles. The topological polar surface area (TPSA) is 52.2 Å². The summed E-state index contributed by atoms with van der Waals surface area (Å²) < 4.78 is 26.9. The first kappa shape index (κ1) is 17.9. The average Bonchev–Trinajstić information content (AvgIpc) is 3.02. The molecule has 0 atom stereocenters. The lowest BCUT2D eigenvalue weighted by Gasteiger charge is -2.12. The molecule has 0 bridgehead atoms. The Labute approximate surface area is 151 Å². The number of aromatic nitrogens is 1. The van der Waals surface area contributed by atoms with Gasteiger partial charge in [0.1, 0.15) is 11.6 Å². The molecule has 136 valence electrons. The van der Waals surface area contributed by atoms with Gasteiger partial charge in [-0.25, -0.2) is 8.78 Å². The first-order valence-electron chi connectivity index (χ1n) is 8.52. The van der Waals surface area contributed by atoms with Gasteiger partial charge in [0, 0.05) is 42.8 Å². The van der Waals surface area contributed by atoms with Crippen LogP contribution in [0.4, 0.5) is 8.78 Å². The Kier molecular flexibility index (Phi) is 5.51. The maximum Gasteiger partial charge on any atom is 0.191 e. The van der Waals surface area contributed by atoms with E-state index in [1.54, 1.807) is 7.05 Å². The van der Waals surface area contributed by atoms with Crippen LogP contribution in [0.15, 0.2) is 47.6 Å². The van der Waals surface area contributed by atoms with Crippen LogP contribution >= 0.6 is 0 Å². The molecule has 3 aromatic rings. The van der Waals surface area contributed by atoms with Gasteiger partial charge in [0.05, 0.1) is 0 Å². The van der Waals surface area contributed by atoms with Crippen LogP contribution < -0.4 is 10.6 Å². The van der Waals surface area contributed by atoms with Crippen molar-refractivity contribution in [3.05, 3.63) is 70.9 Å². The highest BCUT2D eigenvalue weighted by Gasteiger charge is 2.07. The van der Waals surface area contributed by atoms with Crippen LogP contribution in [-0.2, 0) is 13.0 Å². The van der Waals surface area contributed by atoms with E-state index in [0.29, 0.717) is 12.5 Å². The van der Waals surface area contributed by atoms with Crippen LogP contribution in [0.1, 0.15) is 16.7 Å². The number of halogens is 2. The van der Waals surface area contributed by atoms with E-state index in [1.165, 1.54) is 22.6 Å². The number of aliphatic imine (C=N–C) groups is 1. The molecule has 0 aliphatic rings. The second-order valence-corrected chi connectivity index (χ2v) is 6.20. The molecule has 3 N–H and O–H groups in total. The second kappa shape index (κ2) is 7.99. The third kappa shape index (κ3) is 4.20. The Bertz CT molecular complexity index is 931. The molecule has 0 fully saturated rings. The zero-order chi connectivity index (χ0) is 18.5. The van der Waals surface area contributed by atoms with Gasteiger partial charge in [-0.15, -0.1) is 0 Å². The summed E-state index contributed by atoms with van der Waals surface area (Å²) in [6, 6.07) is 9.76. The Hall–Kier alpha value is -2.89. The van der Waals surface area contributed by atoms with Crippen LogP contribution in [0.2, 0.25) is 0 Å². The summed E-state index contributed by atoms with van der Waals surface area (Å²) in [5, 5.41) is 7.41.